The molecule has 0 aromatic carbocycles. The van der Waals surface area contributed by atoms with E-state index >= 15 is 0 Å². The van der Waals surface area contributed by atoms with Crippen molar-refractivity contribution < 1.29 is 0 Å². The lowest BCUT2D eigenvalue weighted by Crippen LogP contribution is -2.62. The molecule has 3 heterocycles. The zero-order valence-corrected chi connectivity index (χ0v) is 16.9. The van der Waals surface area contributed by atoms with Crippen molar-refractivity contribution in [3.63, 3.8) is 0 Å². The van der Waals surface area contributed by atoms with Crippen LogP contribution in [0.4, 0.5) is 0 Å². The Hall–Kier alpha value is -0.160. The van der Waals surface area contributed by atoms with Crippen molar-refractivity contribution in [2.24, 2.45) is 0 Å². The Morgan fingerprint density at radius 2 is 1.46 bits per heavy atom. The first-order chi connectivity index (χ1) is 11.1. The van der Waals surface area contributed by atoms with Gasteiger partial charge in [0.25, 0.3) is 0 Å². The second-order valence-corrected chi connectivity index (χ2v) is 10.5. The fourth-order valence-electron chi connectivity index (χ4n) is 5.40. The number of nitrogens with one attached hydrogen (secondary N) is 1. The summed E-state index contributed by atoms with van der Waals surface area (Å²) in [7, 11) is 0. The average molecular weight is 337 g/mol. The first-order valence-electron chi connectivity index (χ1n) is 10.1. The van der Waals surface area contributed by atoms with Gasteiger partial charge in [0.15, 0.2) is 0 Å². The van der Waals surface area contributed by atoms with E-state index in [1.807, 2.05) is 0 Å². The second-order valence-electron chi connectivity index (χ2n) is 10.5. The van der Waals surface area contributed by atoms with Gasteiger partial charge in [-0.05, 0) is 73.8 Å². The highest BCUT2D eigenvalue weighted by Crippen LogP contribution is 2.36. The quantitative estimate of drug-likeness (QED) is 0.855. The van der Waals surface area contributed by atoms with Gasteiger partial charge in [0.05, 0.1) is 6.67 Å². The first-order valence-corrected chi connectivity index (χ1v) is 10.1. The Labute approximate surface area is 149 Å². The number of rotatable bonds is 3. The van der Waals surface area contributed by atoms with E-state index in [9.17, 15) is 0 Å². The van der Waals surface area contributed by atoms with E-state index in [-0.39, 0.29) is 5.54 Å². The molecule has 0 aromatic rings. The molecular formula is C20H40N4. The number of fused-ring (bicyclic) bond motifs is 2. The molecule has 140 valence electrons. The molecule has 0 spiro atoms. The zero-order valence-electron chi connectivity index (χ0n) is 16.9. The smallest absolute Gasteiger partial charge is 0.0508 e. The lowest BCUT2D eigenvalue weighted by Gasteiger charge is -2.49. The van der Waals surface area contributed by atoms with Crippen molar-refractivity contribution in [3.05, 3.63) is 0 Å². The standard InChI is InChI=1S/C20H40N4/c1-19(2,3)21-16-8-7-11-22(12-16)15-23-13-17-9-10-18(14-23)24(17)20(4,5)6/h16-18,21H,7-15H2,1-6H3/t16-,17?,18?/m0/s1. The predicted octanol–water partition coefficient (Wildman–Crippen LogP) is 2.74. The van der Waals surface area contributed by atoms with E-state index in [0.29, 0.717) is 11.6 Å². The van der Waals surface area contributed by atoms with E-state index in [0.717, 1.165) is 12.1 Å². The Morgan fingerprint density at radius 3 is 2.00 bits per heavy atom. The summed E-state index contributed by atoms with van der Waals surface area (Å²) in [5, 5.41) is 3.81. The van der Waals surface area contributed by atoms with Crippen LogP contribution in [0.25, 0.3) is 0 Å². The van der Waals surface area contributed by atoms with Crippen LogP contribution in [0.1, 0.15) is 67.2 Å². The van der Waals surface area contributed by atoms with Gasteiger partial charge < -0.3 is 5.32 Å². The van der Waals surface area contributed by atoms with Crippen LogP contribution in [0.2, 0.25) is 0 Å². The summed E-state index contributed by atoms with van der Waals surface area (Å²) in [5.41, 5.74) is 0.551. The molecule has 0 amide bonds. The highest BCUT2D eigenvalue weighted by molar-refractivity contribution is 5.00. The summed E-state index contributed by atoms with van der Waals surface area (Å²) >= 11 is 0. The highest BCUT2D eigenvalue weighted by atomic mass is 15.4. The third-order valence-corrected chi connectivity index (χ3v) is 5.88. The minimum atomic E-state index is 0.227. The monoisotopic (exact) mass is 336 g/mol. The van der Waals surface area contributed by atoms with E-state index in [4.69, 9.17) is 0 Å². The molecule has 3 fully saturated rings. The Bertz CT molecular complexity index is 408. The van der Waals surface area contributed by atoms with Crippen LogP contribution in [0.3, 0.4) is 0 Å². The fraction of sp³-hybridized carbons (Fsp3) is 1.00. The molecule has 4 heteroatoms. The molecule has 2 unspecified atom stereocenters. The SMILES string of the molecule is CC(C)(C)N[C@H]1CCCN(CN2CC3CCC(C2)N3C(C)(C)C)C1. The Balaban J connectivity index is 1.53. The molecule has 2 bridgehead atoms. The number of hydrogen-bond donors (Lipinski definition) is 1. The molecule has 24 heavy (non-hydrogen) atoms. The maximum absolute atomic E-state index is 3.81. The van der Waals surface area contributed by atoms with Gasteiger partial charge in [-0.15, -0.1) is 0 Å². The van der Waals surface area contributed by atoms with Crippen LogP contribution in [-0.4, -0.2) is 76.8 Å². The normalized spacial score (nSPS) is 34.0. The first kappa shape index (κ1) is 18.6. The van der Waals surface area contributed by atoms with Crippen LogP contribution in [-0.2, 0) is 0 Å². The molecular weight excluding hydrogens is 296 g/mol. The molecule has 0 saturated carbocycles. The van der Waals surface area contributed by atoms with Gasteiger partial charge in [-0.2, -0.15) is 0 Å². The minimum absolute atomic E-state index is 0.227. The van der Waals surface area contributed by atoms with Crippen LogP contribution in [0.5, 0.6) is 0 Å². The van der Waals surface area contributed by atoms with Crippen molar-refractivity contribution in [2.45, 2.75) is 96.4 Å². The van der Waals surface area contributed by atoms with E-state index in [1.165, 1.54) is 58.5 Å². The average Bonchev–Trinajstić information content (AvgIpc) is 2.70. The van der Waals surface area contributed by atoms with E-state index in [2.05, 4.69) is 61.6 Å². The van der Waals surface area contributed by atoms with Crippen molar-refractivity contribution in [1.82, 2.24) is 20.0 Å². The van der Waals surface area contributed by atoms with E-state index in [1.54, 1.807) is 0 Å². The van der Waals surface area contributed by atoms with Crippen molar-refractivity contribution >= 4 is 0 Å². The number of nitrogens with zero attached hydrogens (tertiary/aromatic N) is 3. The second kappa shape index (κ2) is 6.86. The van der Waals surface area contributed by atoms with Gasteiger partial charge in [0.2, 0.25) is 0 Å². The lowest BCUT2D eigenvalue weighted by molar-refractivity contribution is -0.0212. The summed E-state index contributed by atoms with van der Waals surface area (Å²) in [6.07, 6.45) is 5.46. The van der Waals surface area contributed by atoms with Gasteiger partial charge in [-0.1, -0.05) is 0 Å². The summed E-state index contributed by atoms with van der Waals surface area (Å²) in [4.78, 5) is 8.24. The van der Waals surface area contributed by atoms with Crippen molar-refractivity contribution in [1.29, 1.82) is 0 Å². The largest absolute Gasteiger partial charge is 0.308 e. The molecule has 0 aliphatic carbocycles. The lowest BCUT2D eigenvalue weighted by atomic mass is 10.00. The van der Waals surface area contributed by atoms with Gasteiger partial charge in [0.1, 0.15) is 0 Å². The predicted molar refractivity (Wildman–Crippen MR) is 102 cm³/mol. The van der Waals surface area contributed by atoms with Crippen molar-refractivity contribution in [2.75, 3.05) is 32.8 Å². The van der Waals surface area contributed by atoms with Crippen LogP contribution >= 0.6 is 0 Å². The molecule has 3 aliphatic rings. The van der Waals surface area contributed by atoms with Gasteiger partial charge in [0, 0.05) is 48.8 Å². The molecule has 3 rings (SSSR count). The highest BCUT2D eigenvalue weighted by Gasteiger charge is 2.44. The van der Waals surface area contributed by atoms with Crippen molar-refractivity contribution in [3.8, 4) is 0 Å². The fourth-order valence-corrected chi connectivity index (χ4v) is 5.40. The third-order valence-electron chi connectivity index (χ3n) is 5.88. The molecule has 3 atom stereocenters. The Kier molecular flexibility index (Phi) is 5.33. The van der Waals surface area contributed by atoms with E-state index < -0.39 is 0 Å². The summed E-state index contributed by atoms with van der Waals surface area (Å²) in [6, 6.07) is 2.21. The summed E-state index contributed by atoms with van der Waals surface area (Å²) in [5.74, 6) is 0. The maximum atomic E-state index is 3.81. The molecule has 3 saturated heterocycles. The zero-order chi connectivity index (χ0) is 17.5. The summed E-state index contributed by atoms with van der Waals surface area (Å²) in [6.45, 7) is 20.2. The number of piperazine rings is 1. The number of hydrogen-bond acceptors (Lipinski definition) is 4. The number of piperidine rings is 1. The molecule has 3 aliphatic heterocycles. The third kappa shape index (κ3) is 4.51. The topological polar surface area (TPSA) is 21.8 Å². The minimum Gasteiger partial charge on any atom is -0.308 e. The van der Waals surface area contributed by atoms with Gasteiger partial charge in [-0.25, -0.2) is 0 Å². The Morgan fingerprint density at radius 1 is 0.833 bits per heavy atom. The summed E-state index contributed by atoms with van der Waals surface area (Å²) < 4.78 is 0. The maximum Gasteiger partial charge on any atom is 0.0508 e. The number of likely N-dealkylation sites (tertiary alicyclic amines) is 2. The van der Waals surface area contributed by atoms with Crippen LogP contribution < -0.4 is 5.32 Å². The molecule has 1 N–H and O–H groups in total. The van der Waals surface area contributed by atoms with Crippen LogP contribution in [0.15, 0.2) is 0 Å². The molecule has 4 nitrogen and oxygen atoms in total. The van der Waals surface area contributed by atoms with Crippen LogP contribution in [0, 0.1) is 0 Å². The molecule has 0 radical (unpaired) electrons. The van der Waals surface area contributed by atoms with Gasteiger partial charge >= 0.3 is 0 Å². The molecule has 0 aromatic heterocycles. The van der Waals surface area contributed by atoms with Gasteiger partial charge in [-0.3, -0.25) is 14.7 Å².